The van der Waals surface area contributed by atoms with Crippen LogP contribution in [0.5, 0.6) is 0 Å². The molecule has 2 atom stereocenters. The van der Waals surface area contributed by atoms with Crippen LogP contribution in [0.2, 0.25) is 0 Å². The molecule has 0 aliphatic rings. The largest absolute Gasteiger partial charge is 0.155 e. The lowest BCUT2D eigenvalue weighted by atomic mass is 10.0. The number of unbranched alkanes of at least 4 members (excludes halogenated alkanes) is 26. The van der Waals surface area contributed by atoms with Crippen LogP contribution in [0.25, 0.3) is 0 Å². The van der Waals surface area contributed by atoms with Gasteiger partial charge in [-0.15, -0.1) is 0 Å². The molecule has 0 aromatic heterocycles. The maximum absolute atomic E-state index is 2.48. The highest BCUT2D eigenvalue weighted by molar-refractivity contribution is 8.00. The Labute approximate surface area is 267 Å². The van der Waals surface area contributed by atoms with Crippen LogP contribution in [0.4, 0.5) is 0 Å². The van der Waals surface area contributed by atoms with Gasteiger partial charge < -0.3 is 0 Å². The van der Waals surface area contributed by atoms with Gasteiger partial charge in [-0.1, -0.05) is 220 Å². The van der Waals surface area contributed by atoms with Crippen molar-refractivity contribution in [2.45, 2.75) is 257 Å². The quantitative estimate of drug-likeness (QED) is 0.0650. The van der Waals surface area contributed by atoms with Crippen molar-refractivity contribution in [1.82, 2.24) is 0 Å². The topological polar surface area (TPSA) is 0 Å². The molecule has 0 saturated carbocycles. The summed E-state index contributed by atoms with van der Waals surface area (Å²) in [6, 6.07) is 0. The molecule has 0 bridgehead atoms. The second kappa shape index (κ2) is 36.5. The van der Waals surface area contributed by atoms with Crippen LogP contribution >= 0.6 is 11.8 Å². The lowest BCUT2D eigenvalue weighted by Gasteiger charge is -2.24. The fourth-order valence-electron chi connectivity index (χ4n) is 6.50. The molecule has 0 aromatic carbocycles. The summed E-state index contributed by atoms with van der Waals surface area (Å²) in [7, 11) is 0. The number of hydrogen-bond donors (Lipinski definition) is 0. The van der Waals surface area contributed by atoms with Crippen molar-refractivity contribution in [3.05, 3.63) is 0 Å². The molecule has 0 radical (unpaired) electrons. The molecule has 41 heavy (non-hydrogen) atoms. The van der Waals surface area contributed by atoms with E-state index in [1.807, 2.05) is 0 Å². The van der Waals surface area contributed by atoms with Gasteiger partial charge in [-0.25, -0.2) is 0 Å². The van der Waals surface area contributed by atoms with E-state index in [4.69, 9.17) is 0 Å². The van der Waals surface area contributed by atoms with Gasteiger partial charge in [-0.3, -0.25) is 0 Å². The Kier molecular flexibility index (Phi) is 36.9. The van der Waals surface area contributed by atoms with Crippen molar-refractivity contribution < 1.29 is 0 Å². The summed E-state index contributed by atoms with van der Waals surface area (Å²) in [4.78, 5) is 0. The number of hydrogen-bond acceptors (Lipinski definition) is 1. The van der Waals surface area contributed by atoms with Crippen LogP contribution < -0.4 is 0 Å². The molecule has 248 valence electrons. The van der Waals surface area contributed by atoms with Crippen molar-refractivity contribution in [3.63, 3.8) is 0 Å². The van der Waals surface area contributed by atoms with Gasteiger partial charge in [-0.2, -0.15) is 11.8 Å². The summed E-state index contributed by atoms with van der Waals surface area (Å²) in [6.07, 6.45) is 49.8. The first-order valence-electron chi connectivity index (χ1n) is 19.9. The first-order valence-corrected chi connectivity index (χ1v) is 20.9. The van der Waals surface area contributed by atoms with Gasteiger partial charge in [0.1, 0.15) is 0 Å². The standard InChI is InChI=1S/C40H82S/c1-5-9-13-17-21-23-25-29-33-37-39(35-31-27-19-15-11-7-3)41-40(36-32-28-20-16-12-8-4)38-34-30-26-24-22-18-14-10-6-2/h39-40H,5-38H2,1-4H3. The maximum atomic E-state index is 2.48. The lowest BCUT2D eigenvalue weighted by molar-refractivity contribution is 0.521. The molecule has 0 aliphatic carbocycles. The van der Waals surface area contributed by atoms with Crippen LogP contribution in [-0.4, -0.2) is 10.5 Å². The molecule has 1 heteroatoms. The Balaban J connectivity index is 4.60. The summed E-state index contributed by atoms with van der Waals surface area (Å²) in [6.45, 7) is 9.34. The normalized spacial score (nSPS) is 13.2. The van der Waals surface area contributed by atoms with E-state index in [0.29, 0.717) is 0 Å². The van der Waals surface area contributed by atoms with Crippen molar-refractivity contribution in [2.75, 3.05) is 0 Å². The van der Waals surface area contributed by atoms with Crippen molar-refractivity contribution >= 4 is 11.8 Å². The van der Waals surface area contributed by atoms with Gasteiger partial charge in [-0.05, 0) is 25.7 Å². The SMILES string of the molecule is CCCCCCCCCCCC(CCCCCCCC)SC(CCCCCCCC)CCCCCCCCCCC. The molecular formula is C40H82S. The molecule has 0 heterocycles. The van der Waals surface area contributed by atoms with E-state index in [9.17, 15) is 0 Å². The Bertz CT molecular complexity index is 406. The molecule has 0 aromatic rings. The minimum atomic E-state index is 0.939. The zero-order valence-electron chi connectivity index (χ0n) is 29.6. The van der Waals surface area contributed by atoms with E-state index in [0.717, 1.165) is 10.5 Å². The average molecular weight is 595 g/mol. The highest BCUT2D eigenvalue weighted by Gasteiger charge is 2.17. The molecule has 2 unspecified atom stereocenters. The Morgan fingerprint density at radius 3 is 0.610 bits per heavy atom. The van der Waals surface area contributed by atoms with Crippen molar-refractivity contribution in [1.29, 1.82) is 0 Å². The zero-order valence-corrected chi connectivity index (χ0v) is 30.4. The van der Waals surface area contributed by atoms with E-state index in [1.54, 1.807) is 0 Å². The fourth-order valence-corrected chi connectivity index (χ4v) is 8.26. The Morgan fingerprint density at radius 1 is 0.244 bits per heavy atom. The van der Waals surface area contributed by atoms with Crippen LogP contribution in [0.3, 0.4) is 0 Å². The Hall–Kier alpha value is 0.350. The van der Waals surface area contributed by atoms with Crippen LogP contribution in [0, 0.1) is 0 Å². The summed E-state index contributed by atoms with van der Waals surface area (Å²) in [5.41, 5.74) is 0. The molecule has 0 spiro atoms. The molecule has 0 amide bonds. The maximum Gasteiger partial charge on any atom is 0.00498 e. The summed E-state index contributed by atoms with van der Waals surface area (Å²) in [5, 5.41) is 1.88. The molecule has 0 rings (SSSR count). The molecular weight excluding hydrogens is 513 g/mol. The highest BCUT2D eigenvalue weighted by atomic mass is 32.2. The van der Waals surface area contributed by atoms with Gasteiger partial charge in [0.25, 0.3) is 0 Å². The molecule has 0 saturated heterocycles. The predicted octanol–water partition coefficient (Wildman–Crippen LogP) is 15.8. The lowest BCUT2D eigenvalue weighted by Crippen LogP contribution is -2.12. The Morgan fingerprint density at radius 2 is 0.415 bits per heavy atom. The fraction of sp³-hybridized carbons (Fsp3) is 1.00. The van der Waals surface area contributed by atoms with E-state index in [2.05, 4.69) is 39.5 Å². The number of thioether (sulfide) groups is 1. The van der Waals surface area contributed by atoms with Crippen LogP contribution in [0.1, 0.15) is 246 Å². The minimum Gasteiger partial charge on any atom is -0.155 e. The smallest absolute Gasteiger partial charge is 0.00498 e. The summed E-state index contributed by atoms with van der Waals surface area (Å²) < 4.78 is 0. The third-order valence-electron chi connectivity index (χ3n) is 9.40. The molecule has 0 nitrogen and oxygen atoms in total. The van der Waals surface area contributed by atoms with E-state index < -0.39 is 0 Å². The van der Waals surface area contributed by atoms with Gasteiger partial charge in [0.2, 0.25) is 0 Å². The number of rotatable bonds is 36. The second-order valence-electron chi connectivity index (χ2n) is 13.7. The second-order valence-corrected chi connectivity index (χ2v) is 15.3. The van der Waals surface area contributed by atoms with E-state index >= 15 is 0 Å². The minimum absolute atomic E-state index is 0.939. The first kappa shape index (κ1) is 41.4. The molecule has 0 aliphatic heterocycles. The first-order chi connectivity index (χ1) is 20.3. The monoisotopic (exact) mass is 595 g/mol. The average Bonchev–Trinajstić information content (AvgIpc) is 2.98. The molecule has 0 fully saturated rings. The van der Waals surface area contributed by atoms with Gasteiger partial charge in [0.05, 0.1) is 0 Å². The van der Waals surface area contributed by atoms with Gasteiger partial charge >= 0.3 is 0 Å². The van der Waals surface area contributed by atoms with Gasteiger partial charge in [0, 0.05) is 10.5 Å². The van der Waals surface area contributed by atoms with Crippen LogP contribution in [-0.2, 0) is 0 Å². The highest BCUT2D eigenvalue weighted by Crippen LogP contribution is 2.33. The van der Waals surface area contributed by atoms with Gasteiger partial charge in [0.15, 0.2) is 0 Å². The van der Waals surface area contributed by atoms with E-state index in [-0.39, 0.29) is 0 Å². The van der Waals surface area contributed by atoms with Crippen molar-refractivity contribution in [2.24, 2.45) is 0 Å². The molecule has 0 N–H and O–H groups in total. The third-order valence-corrected chi connectivity index (χ3v) is 11.1. The van der Waals surface area contributed by atoms with E-state index in [1.165, 1.54) is 218 Å². The summed E-state index contributed by atoms with van der Waals surface area (Å²) in [5.74, 6) is 0. The third kappa shape index (κ3) is 33.1. The van der Waals surface area contributed by atoms with Crippen LogP contribution in [0.15, 0.2) is 0 Å². The summed E-state index contributed by atoms with van der Waals surface area (Å²) >= 11 is 2.48. The zero-order chi connectivity index (χ0) is 29.9. The predicted molar refractivity (Wildman–Crippen MR) is 195 cm³/mol. The van der Waals surface area contributed by atoms with Crippen molar-refractivity contribution in [3.8, 4) is 0 Å².